The molecule has 0 amide bonds. The molecule has 3 aliphatic heterocycles. The Balaban J connectivity index is 1.04. The Hall–Kier alpha value is -8.21. The molecule has 0 saturated carbocycles. The number of anilines is 2. The number of fused-ring (bicyclic) bond motifs is 2. The van der Waals surface area contributed by atoms with Gasteiger partial charge in [-0.2, -0.15) is 15.5 Å². The Morgan fingerprint density at radius 3 is 1.63 bits per heavy atom. The number of benzene rings is 3. The lowest BCUT2D eigenvalue weighted by Crippen LogP contribution is -2.50. The van der Waals surface area contributed by atoms with Crippen molar-refractivity contribution in [2.24, 2.45) is 0 Å². The van der Waals surface area contributed by atoms with Gasteiger partial charge < -0.3 is 53.8 Å². The molecule has 107 heavy (non-hydrogen) atoms. The summed E-state index contributed by atoms with van der Waals surface area (Å²) in [5, 5.41) is 30.3. The highest BCUT2D eigenvalue weighted by Crippen LogP contribution is 2.59. The van der Waals surface area contributed by atoms with Crippen LogP contribution >= 0.6 is 15.6 Å². The number of methoxy groups -OCH3 is 2. The van der Waals surface area contributed by atoms with Gasteiger partial charge >= 0.3 is 21.3 Å². The second-order valence-corrected chi connectivity index (χ2v) is 41.8. The maximum atomic E-state index is 16.7. The third-order valence-corrected chi connectivity index (χ3v) is 31.8. The molecule has 34 nitrogen and oxygen atoms in total. The minimum Gasteiger partial charge on any atom is -0.497 e. The number of aromatic amines is 2. The standard InChI is InChI=1S/C69H90N14O20P2Si2/c1-41-34-81(66(87)80-61(41)85)51-33-47(84)48(97-51)36-95-104(88,93-31-17-29-70)101-55-50(99-63(57(55)103-107(12,13)68(5,6)7)82-39-76-52-58(72)74-38-75-59(52)82)37-96-105(89,94-32-18-30-71)100-54-49(98-64(56(54)102-106(10,11)67(2,3)4)83-40-77-53-60(83)78-65(73)79-62(53)86)35-92-69(42-19-15-14-16-20-42,43-21-25-45(90-8)26-22-43)44-23-27-46(91-9)28-24-44/h14-16,19-28,34,38-40,47-51,54-57,63-64,84H,17-18,31-33,35-37H2,1-13H3,(H2,72,74,75)(H,80,85,87)(H3,73,78,79,86)/t47-,48+,49+,50+,51+,54+,55+,56+,57+,63+,64+,104?,105?/m0/s1. The van der Waals surface area contributed by atoms with Crippen molar-refractivity contribution in [1.29, 1.82) is 10.5 Å². The zero-order chi connectivity index (χ0) is 77.2. The topological polar surface area (TPSA) is 445 Å². The van der Waals surface area contributed by atoms with Crippen molar-refractivity contribution in [3.05, 3.63) is 157 Å². The molecule has 3 fully saturated rings. The summed E-state index contributed by atoms with van der Waals surface area (Å²) in [6, 6.07) is 28.1. The predicted molar refractivity (Wildman–Crippen MR) is 392 cm³/mol. The quantitative estimate of drug-likeness (QED) is 0.0117. The van der Waals surface area contributed by atoms with Crippen molar-refractivity contribution in [1.82, 2.24) is 48.6 Å². The van der Waals surface area contributed by atoms with Crippen LogP contribution in [0.15, 0.2) is 118 Å². The van der Waals surface area contributed by atoms with E-state index in [1.165, 1.54) is 41.2 Å². The van der Waals surface area contributed by atoms with Gasteiger partial charge in [-0.1, -0.05) is 96.1 Å². The molecule has 8 aromatic rings. The highest BCUT2D eigenvalue weighted by molar-refractivity contribution is 7.48. The Kier molecular flexibility index (Phi) is 24.0. The Labute approximate surface area is 618 Å². The number of nitrogens with zero attached hydrogens (tertiary/aromatic N) is 10. The molecule has 3 saturated heterocycles. The summed E-state index contributed by atoms with van der Waals surface area (Å²) in [6.45, 7) is 18.2. The molecule has 3 aliphatic rings. The van der Waals surface area contributed by atoms with Gasteiger partial charge in [0.2, 0.25) is 5.95 Å². The van der Waals surface area contributed by atoms with Gasteiger partial charge in [0.05, 0.1) is 91.0 Å². The van der Waals surface area contributed by atoms with E-state index in [9.17, 15) is 30.0 Å². The lowest BCUT2D eigenvalue weighted by molar-refractivity contribution is -0.0954. The largest absolute Gasteiger partial charge is 0.497 e. The molecule has 574 valence electrons. The normalized spacial score (nSPS) is 23.4. The first-order valence-corrected chi connectivity index (χ1v) is 43.2. The number of nitriles is 2. The summed E-state index contributed by atoms with van der Waals surface area (Å²) in [4.78, 5) is 66.0. The Morgan fingerprint density at radius 1 is 0.617 bits per heavy atom. The van der Waals surface area contributed by atoms with Crippen molar-refractivity contribution < 1.29 is 78.7 Å². The molecule has 0 bridgehead atoms. The van der Waals surface area contributed by atoms with E-state index in [2.05, 4.69) is 34.9 Å². The van der Waals surface area contributed by atoms with Crippen molar-refractivity contribution in [2.45, 2.75) is 177 Å². The number of aliphatic hydroxyl groups excluding tert-OH is 1. The van der Waals surface area contributed by atoms with Gasteiger partial charge in [-0.25, -0.2) is 33.9 Å². The molecule has 11 rings (SSSR count). The lowest BCUT2D eigenvalue weighted by atomic mass is 9.80. The van der Waals surface area contributed by atoms with Crippen LogP contribution in [0.1, 0.15) is 102 Å². The number of aliphatic hydroxyl groups is 1. The highest BCUT2D eigenvalue weighted by Gasteiger charge is 2.59. The zero-order valence-electron chi connectivity index (χ0n) is 61.5. The van der Waals surface area contributed by atoms with E-state index in [1.807, 2.05) is 134 Å². The van der Waals surface area contributed by atoms with Crippen LogP contribution in [-0.4, -0.2) is 166 Å². The summed E-state index contributed by atoms with van der Waals surface area (Å²) in [5.74, 6) is 0.879. The average molecular weight is 1550 g/mol. The first kappa shape index (κ1) is 79.8. The third kappa shape index (κ3) is 17.0. The number of aryl methyl sites for hydroxylation is 1. The molecule has 2 unspecified atom stereocenters. The fraction of sp³-hybridized carbons (Fsp3) is 0.507. The maximum absolute atomic E-state index is 16.7. The van der Waals surface area contributed by atoms with Gasteiger partial charge in [0.1, 0.15) is 77.9 Å². The number of rotatable bonds is 31. The minimum absolute atomic E-state index is 0.0111. The predicted octanol–water partition coefficient (Wildman–Crippen LogP) is 9.11. The number of H-pyrrole nitrogens is 2. The summed E-state index contributed by atoms with van der Waals surface area (Å²) in [7, 11) is -13.6. The summed E-state index contributed by atoms with van der Waals surface area (Å²) < 4.78 is 129. The summed E-state index contributed by atoms with van der Waals surface area (Å²) in [5.41, 5.74) is 11.3. The first-order chi connectivity index (χ1) is 50.7. The van der Waals surface area contributed by atoms with Crippen LogP contribution in [0.3, 0.4) is 0 Å². The lowest BCUT2D eigenvalue weighted by Gasteiger charge is -2.41. The van der Waals surface area contributed by atoms with Gasteiger partial charge in [0.15, 0.2) is 51.7 Å². The Bertz CT molecular complexity index is 4780. The van der Waals surface area contributed by atoms with Gasteiger partial charge in [-0.05, 0) is 84.1 Å². The van der Waals surface area contributed by atoms with E-state index in [0.29, 0.717) is 28.2 Å². The Morgan fingerprint density at radius 2 is 1.11 bits per heavy atom. The summed E-state index contributed by atoms with van der Waals surface area (Å²) >= 11 is 0. The number of aromatic nitrogens is 10. The van der Waals surface area contributed by atoms with Crippen LogP contribution in [0.4, 0.5) is 11.8 Å². The molecule has 5 aromatic heterocycles. The monoisotopic (exact) mass is 1550 g/mol. The molecule has 13 atom stereocenters. The zero-order valence-corrected chi connectivity index (χ0v) is 65.3. The van der Waals surface area contributed by atoms with Crippen molar-refractivity contribution in [2.75, 3.05) is 58.7 Å². The number of nitrogens with one attached hydrogen (secondary N) is 2. The third-order valence-electron chi connectivity index (χ3n) is 20.0. The van der Waals surface area contributed by atoms with Crippen molar-refractivity contribution in [3.8, 4) is 23.6 Å². The van der Waals surface area contributed by atoms with E-state index >= 15 is 9.13 Å². The SMILES string of the molecule is COc1ccc(C(OC[C@H]2O[C@@H](n3cnc4c(=O)[nH]c(N)nc43)[C@H](O[Si](C)(C)C(C)(C)C)[C@@H]2OP(=O)(OCCC#N)OC[C@H]2O[C@@H](n3cnc4c(N)ncnc43)[C@H](O[Si](C)(C)C(C)(C)C)[C@@H]2OP(=O)(OCCC#N)OC[C@H]2O[C@@H](n3cc(C)c(=O)[nH]c3=O)C[C@@H]2O)(c2ccccc2)c2ccc(OC)cc2)cc1. The number of hydrogen-bond acceptors (Lipinski definition) is 29. The van der Waals surface area contributed by atoms with E-state index < -0.39 is 165 Å². The molecule has 0 radical (unpaired) electrons. The maximum Gasteiger partial charge on any atom is 0.475 e. The number of phosphoric acid groups is 2. The fourth-order valence-corrected chi connectivity index (χ4v) is 17.6. The van der Waals surface area contributed by atoms with E-state index in [-0.39, 0.29) is 58.9 Å². The number of nitrogens with two attached hydrogens (primary N) is 2. The molecule has 0 spiro atoms. The fourth-order valence-electron chi connectivity index (χ4n) is 12.2. The smallest absolute Gasteiger partial charge is 0.475 e. The van der Waals surface area contributed by atoms with Crippen molar-refractivity contribution >= 4 is 66.4 Å². The van der Waals surface area contributed by atoms with Crippen molar-refractivity contribution in [3.63, 3.8) is 0 Å². The number of hydrogen-bond donors (Lipinski definition) is 5. The van der Waals surface area contributed by atoms with Crippen LogP contribution < -0.4 is 37.7 Å². The second-order valence-electron chi connectivity index (χ2n) is 29.0. The first-order valence-electron chi connectivity index (χ1n) is 34.5. The average Bonchev–Trinajstić information content (AvgIpc) is 1.66. The minimum atomic E-state index is -5.32. The number of imidazole rings is 2. The highest BCUT2D eigenvalue weighted by atomic mass is 31.2. The number of phosphoric ester groups is 2. The molecule has 7 N–H and O–H groups in total. The van der Waals surface area contributed by atoms with Gasteiger partial charge in [-0.3, -0.25) is 60.4 Å². The molecule has 3 aromatic carbocycles. The number of ether oxygens (including phenoxy) is 6. The molecular weight excluding hydrogens is 1460 g/mol. The van der Waals surface area contributed by atoms with E-state index in [1.54, 1.807) is 38.5 Å². The molecule has 38 heteroatoms. The second kappa shape index (κ2) is 32.2. The van der Waals surface area contributed by atoms with E-state index in [4.69, 9.17) is 75.9 Å². The van der Waals surface area contributed by atoms with Gasteiger partial charge in [0.25, 0.3) is 11.1 Å². The van der Waals surface area contributed by atoms with E-state index in [0.717, 1.165) is 4.57 Å². The van der Waals surface area contributed by atoms with Crippen LogP contribution in [0, 0.1) is 29.6 Å². The summed E-state index contributed by atoms with van der Waals surface area (Å²) in [6.07, 6.45) is -11.2. The molecular formula is C69H90N14O20P2Si2. The molecule has 0 aliphatic carbocycles. The van der Waals surface area contributed by atoms with Crippen LogP contribution in [0.5, 0.6) is 11.5 Å². The van der Waals surface area contributed by atoms with Crippen LogP contribution in [-0.2, 0) is 69.7 Å². The van der Waals surface area contributed by atoms with Gasteiger partial charge in [-0.15, -0.1) is 0 Å². The van der Waals surface area contributed by atoms with Crippen LogP contribution in [0.2, 0.25) is 36.3 Å². The van der Waals surface area contributed by atoms with Gasteiger partial charge in [0, 0.05) is 18.2 Å². The van der Waals surface area contributed by atoms with Crippen LogP contribution in [0.25, 0.3) is 22.3 Å². The number of nitrogen functional groups attached to an aromatic ring is 2. The molecule has 8 heterocycles.